The molecule has 2 aliphatic heterocycles. The van der Waals surface area contributed by atoms with Gasteiger partial charge in [-0.15, -0.1) is 0 Å². The van der Waals surface area contributed by atoms with Crippen molar-refractivity contribution in [1.29, 1.82) is 0 Å². The zero-order valence-electron chi connectivity index (χ0n) is 15.2. The van der Waals surface area contributed by atoms with Gasteiger partial charge in [-0.1, -0.05) is 18.6 Å². The van der Waals surface area contributed by atoms with Crippen molar-refractivity contribution in [1.82, 2.24) is 9.80 Å². The second kappa shape index (κ2) is 7.37. The standard InChI is InChI=1S/C21H27FN2O2/c22-19-6-4-15(5-7-19)18-10-13-24(14-18)21(26)17-8-11-23(12-9-17)20(25)16-2-1-3-16/h4-7,16-18H,1-3,8-14H2/t18-/m0/s1. The number of hydrogen-bond acceptors (Lipinski definition) is 2. The largest absolute Gasteiger partial charge is 0.342 e. The molecule has 2 heterocycles. The fourth-order valence-electron chi connectivity index (χ4n) is 4.49. The Morgan fingerprint density at radius 1 is 0.808 bits per heavy atom. The third-order valence-corrected chi connectivity index (χ3v) is 6.45. The highest BCUT2D eigenvalue weighted by Gasteiger charge is 2.36. The summed E-state index contributed by atoms with van der Waals surface area (Å²) in [5.74, 6) is 0.928. The minimum Gasteiger partial charge on any atom is -0.342 e. The van der Waals surface area contributed by atoms with Crippen LogP contribution >= 0.6 is 0 Å². The molecule has 0 unspecified atom stereocenters. The van der Waals surface area contributed by atoms with Crippen LogP contribution in [0.25, 0.3) is 0 Å². The Labute approximate surface area is 154 Å². The quantitative estimate of drug-likeness (QED) is 0.833. The molecule has 5 heteroatoms. The van der Waals surface area contributed by atoms with Gasteiger partial charge < -0.3 is 9.80 Å². The van der Waals surface area contributed by atoms with Gasteiger partial charge in [-0.05, 0) is 49.8 Å². The van der Waals surface area contributed by atoms with E-state index in [2.05, 4.69) is 0 Å². The zero-order chi connectivity index (χ0) is 18.1. The highest BCUT2D eigenvalue weighted by molar-refractivity contribution is 5.81. The number of piperidine rings is 1. The van der Waals surface area contributed by atoms with Crippen molar-refractivity contribution in [2.24, 2.45) is 11.8 Å². The van der Waals surface area contributed by atoms with Crippen LogP contribution in [0.3, 0.4) is 0 Å². The lowest BCUT2D eigenvalue weighted by Gasteiger charge is -2.37. The lowest BCUT2D eigenvalue weighted by atomic mass is 9.83. The molecule has 1 aliphatic carbocycles. The van der Waals surface area contributed by atoms with Crippen molar-refractivity contribution >= 4 is 11.8 Å². The summed E-state index contributed by atoms with van der Waals surface area (Å²) in [6, 6.07) is 6.65. The van der Waals surface area contributed by atoms with Gasteiger partial charge in [0.2, 0.25) is 11.8 Å². The maximum Gasteiger partial charge on any atom is 0.225 e. The minimum absolute atomic E-state index is 0.0485. The van der Waals surface area contributed by atoms with E-state index < -0.39 is 0 Å². The van der Waals surface area contributed by atoms with Crippen LogP contribution < -0.4 is 0 Å². The molecular formula is C21H27FN2O2. The van der Waals surface area contributed by atoms with E-state index in [0.717, 1.165) is 63.8 Å². The number of rotatable bonds is 3. The third kappa shape index (κ3) is 3.49. The first-order chi connectivity index (χ1) is 12.6. The molecule has 3 aliphatic rings. The summed E-state index contributed by atoms with van der Waals surface area (Å²) in [4.78, 5) is 29.2. The van der Waals surface area contributed by atoms with E-state index in [1.54, 1.807) is 0 Å². The Morgan fingerprint density at radius 3 is 2.00 bits per heavy atom. The van der Waals surface area contributed by atoms with E-state index in [4.69, 9.17) is 0 Å². The van der Waals surface area contributed by atoms with Gasteiger partial charge in [0.25, 0.3) is 0 Å². The number of nitrogens with zero attached hydrogens (tertiary/aromatic N) is 2. The predicted octanol–water partition coefficient (Wildman–Crippen LogP) is 3.18. The van der Waals surface area contributed by atoms with Crippen LogP contribution in [0, 0.1) is 17.7 Å². The predicted molar refractivity (Wildman–Crippen MR) is 97.0 cm³/mol. The molecule has 2 saturated heterocycles. The molecule has 0 N–H and O–H groups in total. The number of benzene rings is 1. The SMILES string of the molecule is O=C(C1CCC1)N1CCC(C(=O)N2CC[C@H](c3ccc(F)cc3)C2)CC1. The van der Waals surface area contributed by atoms with E-state index in [9.17, 15) is 14.0 Å². The van der Waals surface area contributed by atoms with Gasteiger partial charge >= 0.3 is 0 Å². The summed E-state index contributed by atoms with van der Waals surface area (Å²) < 4.78 is 13.1. The molecule has 4 rings (SSSR count). The Kier molecular flexibility index (Phi) is 4.96. The van der Waals surface area contributed by atoms with Crippen molar-refractivity contribution in [2.45, 2.75) is 44.4 Å². The third-order valence-electron chi connectivity index (χ3n) is 6.45. The van der Waals surface area contributed by atoms with E-state index in [1.165, 1.54) is 18.6 Å². The molecular weight excluding hydrogens is 331 g/mol. The fraction of sp³-hybridized carbons (Fsp3) is 0.619. The van der Waals surface area contributed by atoms with Gasteiger partial charge in [0.05, 0.1) is 0 Å². The topological polar surface area (TPSA) is 40.6 Å². The summed E-state index contributed by atoms with van der Waals surface area (Å²) in [5.41, 5.74) is 1.11. The monoisotopic (exact) mass is 358 g/mol. The van der Waals surface area contributed by atoms with E-state index >= 15 is 0 Å². The van der Waals surface area contributed by atoms with Crippen LogP contribution in [0.1, 0.15) is 50.0 Å². The second-order valence-electron chi connectivity index (χ2n) is 8.05. The molecule has 1 saturated carbocycles. The maximum atomic E-state index is 13.1. The molecule has 2 amide bonds. The lowest BCUT2D eigenvalue weighted by molar-refractivity contribution is -0.143. The van der Waals surface area contributed by atoms with Crippen LogP contribution in [0.15, 0.2) is 24.3 Å². The van der Waals surface area contributed by atoms with Gasteiger partial charge in [0, 0.05) is 43.9 Å². The lowest BCUT2D eigenvalue weighted by Crippen LogP contribution is -2.46. The number of hydrogen-bond donors (Lipinski definition) is 0. The number of carbonyl (C=O) groups excluding carboxylic acids is 2. The average molecular weight is 358 g/mol. The first-order valence-electron chi connectivity index (χ1n) is 9.95. The number of halogens is 1. The Balaban J connectivity index is 1.28. The fourth-order valence-corrected chi connectivity index (χ4v) is 4.49. The molecule has 1 aromatic rings. The number of amides is 2. The van der Waals surface area contributed by atoms with Crippen molar-refractivity contribution in [3.63, 3.8) is 0 Å². The summed E-state index contributed by atoms with van der Waals surface area (Å²) >= 11 is 0. The van der Waals surface area contributed by atoms with Crippen LogP contribution in [0.2, 0.25) is 0 Å². The first kappa shape index (κ1) is 17.5. The molecule has 0 bridgehead atoms. The second-order valence-corrected chi connectivity index (χ2v) is 8.05. The van der Waals surface area contributed by atoms with Crippen molar-refractivity contribution in [3.05, 3.63) is 35.6 Å². The molecule has 1 aromatic carbocycles. The van der Waals surface area contributed by atoms with Crippen LogP contribution in [-0.4, -0.2) is 47.8 Å². The Hall–Kier alpha value is -1.91. The Bertz CT molecular complexity index is 663. The van der Waals surface area contributed by atoms with Gasteiger partial charge in [0.15, 0.2) is 0 Å². The molecule has 140 valence electrons. The van der Waals surface area contributed by atoms with Crippen LogP contribution in [0.5, 0.6) is 0 Å². The minimum atomic E-state index is -0.220. The molecule has 4 nitrogen and oxygen atoms in total. The normalized spacial score (nSPS) is 24.6. The molecule has 0 spiro atoms. The van der Waals surface area contributed by atoms with E-state index in [0.29, 0.717) is 11.8 Å². The zero-order valence-corrected chi connectivity index (χ0v) is 15.2. The summed E-state index contributed by atoms with van der Waals surface area (Å²) in [6.45, 7) is 2.95. The van der Waals surface area contributed by atoms with Gasteiger partial charge in [-0.3, -0.25) is 9.59 Å². The van der Waals surface area contributed by atoms with Gasteiger partial charge in [0.1, 0.15) is 5.82 Å². The smallest absolute Gasteiger partial charge is 0.225 e. The molecule has 0 aromatic heterocycles. The highest BCUT2D eigenvalue weighted by atomic mass is 19.1. The number of likely N-dealkylation sites (tertiary alicyclic amines) is 2. The van der Waals surface area contributed by atoms with Gasteiger partial charge in [-0.2, -0.15) is 0 Å². The summed E-state index contributed by atoms with van der Waals surface area (Å²) in [7, 11) is 0. The van der Waals surface area contributed by atoms with Crippen molar-refractivity contribution in [2.75, 3.05) is 26.2 Å². The number of carbonyl (C=O) groups is 2. The summed E-state index contributed by atoms with van der Waals surface area (Å²) in [6.07, 6.45) is 5.77. The van der Waals surface area contributed by atoms with Crippen LogP contribution in [-0.2, 0) is 9.59 Å². The molecule has 1 atom stereocenters. The van der Waals surface area contributed by atoms with E-state index in [-0.39, 0.29) is 23.6 Å². The molecule has 3 fully saturated rings. The maximum absolute atomic E-state index is 13.1. The van der Waals surface area contributed by atoms with Crippen molar-refractivity contribution in [3.8, 4) is 0 Å². The van der Waals surface area contributed by atoms with E-state index in [1.807, 2.05) is 21.9 Å². The van der Waals surface area contributed by atoms with Crippen molar-refractivity contribution < 1.29 is 14.0 Å². The first-order valence-corrected chi connectivity index (χ1v) is 9.95. The van der Waals surface area contributed by atoms with Crippen LogP contribution in [0.4, 0.5) is 4.39 Å². The molecule has 26 heavy (non-hydrogen) atoms. The molecule has 0 radical (unpaired) electrons. The highest BCUT2D eigenvalue weighted by Crippen LogP contribution is 2.32. The van der Waals surface area contributed by atoms with Gasteiger partial charge in [-0.25, -0.2) is 4.39 Å². The summed E-state index contributed by atoms with van der Waals surface area (Å²) in [5, 5.41) is 0. The Morgan fingerprint density at radius 2 is 1.38 bits per heavy atom. The average Bonchev–Trinajstić information content (AvgIpc) is 3.10.